The highest BCUT2D eigenvalue weighted by Crippen LogP contribution is 2.25. The Bertz CT molecular complexity index is 542. The summed E-state index contributed by atoms with van der Waals surface area (Å²) in [6.07, 6.45) is 0. The summed E-state index contributed by atoms with van der Waals surface area (Å²) in [5, 5.41) is 8.18. The van der Waals surface area contributed by atoms with Gasteiger partial charge in [0.2, 0.25) is 0 Å². The molecule has 100 valence electrons. The Morgan fingerprint density at radius 3 is 2.61 bits per heavy atom. The molecule has 3 N–H and O–H groups in total. The van der Waals surface area contributed by atoms with Crippen molar-refractivity contribution in [3.8, 4) is 0 Å². The smallest absolute Gasteiger partial charge is 0.188 e. The lowest BCUT2D eigenvalue weighted by atomic mass is 10.1. The molecule has 1 aromatic carbocycles. The summed E-state index contributed by atoms with van der Waals surface area (Å²) in [4.78, 5) is -0.343. The Kier molecular flexibility index (Phi) is 3.67. The van der Waals surface area contributed by atoms with Crippen molar-refractivity contribution in [2.45, 2.75) is 16.2 Å². The van der Waals surface area contributed by atoms with Gasteiger partial charge in [-0.15, -0.1) is 0 Å². The van der Waals surface area contributed by atoms with Crippen LogP contribution >= 0.6 is 0 Å². The number of benzene rings is 1. The summed E-state index contributed by atoms with van der Waals surface area (Å²) < 4.78 is 42.6. The zero-order valence-electron chi connectivity index (χ0n) is 9.54. The first-order valence-corrected chi connectivity index (χ1v) is 6.99. The number of rotatable bonds is 4. The van der Waals surface area contributed by atoms with Crippen LogP contribution in [-0.4, -0.2) is 38.6 Å². The van der Waals surface area contributed by atoms with Crippen molar-refractivity contribution in [1.29, 1.82) is 0 Å². The second-order valence-electron chi connectivity index (χ2n) is 4.18. The Balaban J connectivity index is 2.35. The van der Waals surface area contributed by atoms with Crippen molar-refractivity contribution in [1.82, 2.24) is 0 Å². The van der Waals surface area contributed by atoms with E-state index in [4.69, 9.17) is 15.6 Å². The molecule has 18 heavy (non-hydrogen) atoms. The van der Waals surface area contributed by atoms with E-state index in [1.54, 1.807) is 0 Å². The van der Waals surface area contributed by atoms with Gasteiger partial charge in [0.1, 0.15) is 16.0 Å². The van der Waals surface area contributed by atoms with Crippen LogP contribution in [0.15, 0.2) is 23.1 Å². The highest BCUT2D eigenvalue weighted by Gasteiger charge is 2.35. The van der Waals surface area contributed by atoms with Gasteiger partial charge in [0.25, 0.3) is 0 Å². The Morgan fingerprint density at radius 1 is 1.50 bits per heavy atom. The van der Waals surface area contributed by atoms with Crippen LogP contribution in [-0.2, 0) is 14.6 Å². The van der Waals surface area contributed by atoms with Gasteiger partial charge in [-0.05, 0) is 17.7 Å². The highest BCUT2D eigenvalue weighted by atomic mass is 32.2. The molecule has 1 fully saturated rings. The minimum Gasteiger partial charge on any atom is -0.394 e. The Labute approximate surface area is 104 Å². The fourth-order valence-electron chi connectivity index (χ4n) is 1.66. The molecule has 1 atom stereocenters. The van der Waals surface area contributed by atoms with E-state index < -0.39 is 26.9 Å². The predicted octanol–water partition coefficient (Wildman–Crippen LogP) is -0.00970. The fraction of sp³-hybridized carbons (Fsp3) is 0.455. The van der Waals surface area contributed by atoms with E-state index in [0.29, 0.717) is 5.56 Å². The average Bonchev–Trinajstić information content (AvgIpc) is 2.24. The third-order valence-corrected chi connectivity index (χ3v) is 5.03. The molecule has 0 bridgehead atoms. The molecule has 0 amide bonds. The molecule has 0 spiro atoms. The molecule has 1 aromatic rings. The Hall–Kier alpha value is -1.02. The van der Waals surface area contributed by atoms with Crippen LogP contribution in [0.3, 0.4) is 0 Å². The molecule has 1 heterocycles. The van der Waals surface area contributed by atoms with Gasteiger partial charge in [-0.1, -0.05) is 6.07 Å². The third kappa shape index (κ3) is 2.26. The molecular weight excluding hydrogens is 261 g/mol. The molecule has 7 heteroatoms. The zero-order valence-corrected chi connectivity index (χ0v) is 10.4. The molecular formula is C11H14FNO4S. The minimum absolute atomic E-state index is 0.0969. The van der Waals surface area contributed by atoms with E-state index in [9.17, 15) is 12.8 Å². The largest absolute Gasteiger partial charge is 0.394 e. The molecule has 1 aliphatic heterocycles. The number of aliphatic hydroxyl groups excluding tert-OH is 1. The van der Waals surface area contributed by atoms with Gasteiger partial charge >= 0.3 is 0 Å². The molecule has 2 rings (SSSR count). The van der Waals surface area contributed by atoms with Crippen molar-refractivity contribution in [3.05, 3.63) is 29.6 Å². The van der Waals surface area contributed by atoms with Crippen molar-refractivity contribution in [2.24, 2.45) is 5.73 Å². The molecule has 1 aliphatic rings. The summed E-state index contributed by atoms with van der Waals surface area (Å²) in [5.74, 6) is -0.844. The first-order valence-electron chi connectivity index (χ1n) is 5.44. The standard InChI is InChI=1S/C11H14FNO4S/c12-9-3-7(10(13)4-14)1-2-11(9)18(15,16)8-5-17-6-8/h1-3,8,10,14H,4-6,13H2. The summed E-state index contributed by atoms with van der Waals surface area (Å²) in [6, 6.07) is 2.93. The maximum absolute atomic E-state index is 13.8. The third-order valence-electron chi connectivity index (χ3n) is 2.93. The summed E-state index contributed by atoms with van der Waals surface area (Å²) in [5.41, 5.74) is 5.89. The van der Waals surface area contributed by atoms with Crippen LogP contribution in [0.1, 0.15) is 11.6 Å². The van der Waals surface area contributed by atoms with Gasteiger partial charge < -0.3 is 15.6 Å². The first-order chi connectivity index (χ1) is 8.46. The van der Waals surface area contributed by atoms with Crippen LogP contribution in [0.4, 0.5) is 4.39 Å². The van der Waals surface area contributed by atoms with Gasteiger partial charge in [-0.25, -0.2) is 12.8 Å². The number of hydrogen-bond acceptors (Lipinski definition) is 5. The molecule has 1 unspecified atom stereocenters. The SMILES string of the molecule is NC(CO)c1ccc(S(=O)(=O)C2COC2)c(F)c1. The van der Waals surface area contributed by atoms with Crippen LogP contribution in [0, 0.1) is 5.82 Å². The van der Waals surface area contributed by atoms with Gasteiger partial charge in [-0.3, -0.25) is 0 Å². The molecule has 1 saturated heterocycles. The molecule has 0 aromatic heterocycles. The predicted molar refractivity (Wildman–Crippen MR) is 62.2 cm³/mol. The molecule has 0 radical (unpaired) electrons. The van der Waals surface area contributed by atoms with Crippen molar-refractivity contribution in [2.75, 3.05) is 19.8 Å². The molecule has 5 nitrogen and oxygen atoms in total. The van der Waals surface area contributed by atoms with Gasteiger partial charge in [-0.2, -0.15) is 0 Å². The van der Waals surface area contributed by atoms with Crippen molar-refractivity contribution in [3.63, 3.8) is 0 Å². The van der Waals surface area contributed by atoms with Crippen molar-refractivity contribution >= 4 is 9.84 Å². The van der Waals surface area contributed by atoms with Crippen LogP contribution in [0.25, 0.3) is 0 Å². The highest BCUT2D eigenvalue weighted by molar-refractivity contribution is 7.92. The van der Waals surface area contributed by atoms with Crippen LogP contribution in [0.5, 0.6) is 0 Å². The number of hydrogen-bond donors (Lipinski definition) is 2. The van der Waals surface area contributed by atoms with Gasteiger partial charge in [0.05, 0.1) is 25.9 Å². The Morgan fingerprint density at radius 2 is 2.17 bits per heavy atom. The number of halogens is 1. The number of aliphatic hydroxyl groups is 1. The summed E-state index contributed by atoms with van der Waals surface area (Å²) >= 11 is 0. The second kappa shape index (κ2) is 4.93. The lowest BCUT2D eigenvalue weighted by molar-refractivity contribution is 0.0415. The number of ether oxygens (including phenoxy) is 1. The number of sulfone groups is 1. The first kappa shape index (κ1) is 13.4. The minimum atomic E-state index is -3.69. The van der Waals surface area contributed by atoms with Gasteiger partial charge in [0.15, 0.2) is 9.84 Å². The lowest BCUT2D eigenvalue weighted by Crippen LogP contribution is -2.41. The zero-order chi connectivity index (χ0) is 13.3. The second-order valence-corrected chi connectivity index (χ2v) is 6.38. The molecule has 0 aliphatic carbocycles. The van der Waals surface area contributed by atoms with E-state index in [1.807, 2.05) is 0 Å². The summed E-state index contributed by atoms with van der Waals surface area (Å²) in [7, 11) is -3.69. The topological polar surface area (TPSA) is 89.6 Å². The van der Waals surface area contributed by atoms with Crippen LogP contribution in [0.2, 0.25) is 0 Å². The lowest BCUT2D eigenvalue weighted by Gasteiger charge is -2.26. The van der Waals surface area contributed by atoms with E-state index >= 15 is 0 Å². The van der Waals surface area contributed by atoms with E-state index in [1.165, 1.54) is 12.1 Å². The number of nitrogens with two attached hydrogens (primary N) is 1. The average molecular weight is 275 g/mol. The quantitative estimate of drug-likeness (QED) is 0.806. The van der Waals surface area contributed by atoms with E-state index in [-0.39, 0.29) is 24.7 Å². The molecule has 0 saturated carbocycles. The van der Waals surface area contributed by atoms with E-state index in [2.05, 4.69) is 0 Å². The summed E-state index contributed by atoms with van der Waals surface area (Å²) in [6.45, 7) is -0.138. The fourth-order valence-corrected chi connectivity index (χ4v) is 3.15. The normalized spacial score (nSPS) is 18.4. The van der Waals surface area contributed by atoms with Gasteiger partial charge in [0, 0.05) is 0 Å². The van der Waals surface area contributed by atoms with Crippen molar-refractivity contribution < 1.29 is 22.7 Å². The monoisotopic (exact) mass is 275 g/mol. The maximum atomic E-state index is 13.8. The van der Waals surface area contributed by atoms with E-state index in [0.717, 1.165) is 6.07 Å². The van der Waals surface area contributed by atoms with Crippen LogP contribution < -0.4 is 5.73 Å². The maximum Gasteiger partial charge on any atom is 0.188 e.